The summed E-state index contributed by atoms with van der Waals surface area (Å²) < 4.78 is 0. The smallest absolute Gasteiger partial charge is 0.111 e. The van der Waals surface area contributed by atoms with Gasteiger partial charge in [-0.2, -0.15) is 0 Å². The summed E-state index contributed by atoms with van der Waals surface area (Å²) in [5.41, 5.74) is -1.56. The van der Waals surface area contributed by atoms with E-state index in [9.17, 15) is 25.5 Å². The van der Waals surface area contributed by atoms with Gasteiger partial charge in [0.2, 0.25) is 0 Å². The van der Waals surface area contributed by atoms with Crippen molar-refractivity contribution >= 4 is 0 Å². The number of aliphatic hydroxyl groups is 6. The highest BCUT2D eigenvalue weighted by atomic mass is 16.4. The highest BCUT2D eigenvalue weighted by Crippen LogP contribution is 2.23. The summed E-state index contributed by atoms with van der Waals surface area (Å²) in [6.45, 7) is 2.89. The summed E-state index contributed by atoms with van der Waals surface area (Å²) >= 11 is 0. The lowest BCUT2D eigenvalue weighted by Crippen LogP contribution is -2.54. The number of aliphatic hydroxyl groups excluding tert-OH is 5. The van der Waals surface area contributed by atoms with Crippen LogP contribution in [0.25, 0.3) is 0 Å². The van der Waals surface area contributed by atoms with E-state index in [0.29, 0.717) is 12.8 Å². The summed E-state index contributed by atoms with van der Waals surface area (Å²) in [5.74, 6) is 0. The number of hydrogen-bond donors (Lipinski definition) is 6. The van der Waals surface area contributed by atoms with Crippen LogP contribution in [0.5, 0.6) is 0 Å². The SMILES string of the molecule is CCCCCCCCCCCCC(C)(O)[C@H](O)[C@@H](O)[C@H](O)[C@H](O)CO. The van der Waals surface area contributed by atoms with Crippen molar-refractivity contribution in [2.24, 2.45) is 0 Å². The third kappa shape index (κ3) is 10.5. The normalized spacial score (nSPS) is 19.2. The van der Waals surface area contributed by atoms with Gasteiger partial charge < -0.3 is 30.6 Å². The molecule has 0 amide bonds. The van der Waals surface area contributed by atoms with Crippen LogP contribution in [0.3, 0.4) is 0 Å². The fraction of sp³-hybridized carbons (Fsp3) is 1.00. The molecule has 6 heteroatoms. The molecule has 0 spiro atoms. The van der Waals surface area contributed by atoms with Gasteiger partial charge in [-0.3, -0.25) is 0 Å². The maximum Gasteiger partial charge on any atom is 0.111 e. The van der Waals surface area contributed by atoms with Crippen molar-refractivity contribution in [1.82, 2.24) is 0 Å². The van der Waals surface area contributed by atoms with Crippen LogP contribution in [0.2, 0.25) is 0 Å². The quantitative estimate of drug-likeness (QED) is 0.231. The fourth-order valence-corrected chi connectivity index (χ4v) is 3.01. The first-order valence-corrected chi connectivity index (χ1v) is 9.83. The Balaban J connectivity index is 3.92. The third-order valence-corrected chi connectivity index (χ3v) is 4.93. The highest BCUT2D eigenvalue weighted by Gasteiger charge is 2.40. The predicted octanol–water partition coefficient (Wildman–Crippen LogP) is 1.48. The largest absolute Gasteiger partial charge is 0.394 e. The van der Waals surface area contributed by atoms with E-state index in [2.05, 4.69) is 6.92 Å². The second-order valence-electron chi connectivity index (χ2n) is 7.47. The molecule has 0 aromatic heterocycles. The molecule has 1 unspecified atom stereocenters. The molecule has 5 atom stereocenters. The Morgan fingerprint density at radius 1 is 0.720 bits per heavy atom. The molecule has 0 aliphatic carbocycles. The minimum absolute atomic E-state index is 0.295. The number of rotatable bonds is 16. The molecule has 0 aromatic carbocycles. The Morgan fingerprint density at radius 3 is 1.60 bits per heavy atom. The molecule has 0 saturated heterocycles. The van der Waals surface area contributed by atoms with E-state index >= 15 is 0 Å². The lowest BCUT2D eigenvalue weighted by Gasteiger charge is -2.35. The van der Waals surface area contributed by atoms with Gasteiger partial charge in [-0.25, -0.2) is 0 Å². The summed E-state index contributed by atoms with van der Waals surface area (Å²) in [5, 5.41) is 58.0. The van der Waals surface area contributed by atoms with Gasteiger partial charge in [-0.05, 0) is 13.3 Å². The zero-order valence-corrected chi connectivity index (χ0v) is 16.0. The molecule has 6 N–H and O–H groups in total. The second kappa shape index (κ2) is 13.9. The van der Waals surface area contributed by atoms with Gasteiger partial charge in [-0.15, -0.1) is 0 Å². The molecule has 0 radical (unpaired) electrons. The Kier molecular flexibility index (Phi) is 13.8. The second-order valence-corrected chi connectivity index (χ2v) is 7.47. The van der Waals surface area contributed by atoms with Gasteiger partial charge >= 0.3 is 0 Å². The monoisotopic (exact) mass is 364 g/mol. The van der Waals surface area contributed by atoms with Gasteiger partial charge in [0.1, 0.15) is 24.4 Å². The predicted molar refractivity (Wildman–Crippen MR) is 98.2 cm³/mol. The molecule has 0 fully saturated rings. The molecule has 0 rings (SSSR count). The first-order chi connectivity index (χ1) is 11.8. The van der Waals surface area contributed by atoms with Crippen molar-refractivity contribution in [1.29, 1.82) is 0 Å². The van der Waals surface area contributed by atoms with Crippen LogP contribution in [-0.4, -0.2) is 67.3 Å². The van der Waals surface area contributed by atoms with Gasteiger partial charge in [-0.1, -0.05) is 71.1 Å². The van der Waals surface area contributed by atoms with Crippen LogP contribution in [0.1, 0.15) is 84.5 Å². The molecule has 25 heavy (non-hydrogen) atoms. The van der Waals surface area contributed by atoms with Gasteiger partial charge in [0.25, 0.3) is 0 Å². The maximum atomic E-state index is 10.3. The summed E-state index contributed by atoms with van der Waals surface area (Å²) in [6, 6.07) is 0. The Morgan fingerprint density at radius 2 is 1.16 bits per heavy atom. The zero-order chi connectivity index (χ0) is 19.3. The first kappa shape index (κ1) is 24.8. The van der Waals surface area contributed by atoms with Crippen molar-refractivity contribution < 1.29 is 30.6 Å². The average Bonchev–Trinajstić information content (AvgIpc) is 2.60. The van der Waals surface area contributed by atoms with Crippen molar-refractivity contribution in [3.05, 3.63) is 0 Å². The Bertz CT molecular complexity index is 310. The van der Waals surface area contributed by atoms with E-state index in [1.165, 1.54) is 51.9 Å². The summed E-state index contributed by atoms with van der Waals surface area (Å²) in [6.07, 6.45) is 5.30. The van der Waals surface area contributed by atoms with Gasteiger partial charge in [0.15, 0.2) is 0 Å². The van der Waals surface area contributed by atoms with Crippen LogP contribution in [0.4, 0.5) is 0 Å². The van der Waals surface area contributed by atoms with Crippen LogP contribution in [0.15, 0.2) is 0 Å². The lowest BCUT2D eigenvalue weighted by atomic mass is 9.86. The maximum absolute atomic E-state index is 10.3. The van der Waals surface area contributed by atoms with E-state index in [1.807, 2.05) is 0 Å². The van der Waals surface area contributed by atoms with Crippen molar-refractivity contribution in [2.45, 2.75) is 114 Å². The van der Waals surface area contributed by atoms with Crippen LogP contribution in [0, 0.1) is 0 Å². The number of hydrogen-bond acceptors (Lipinski definition) is 6. The molecular formula is C19H40O6. The average molecular weight is 365 g/mol. The van der Waals surface area contributed by atoms with Gasteiger partial charge in [0, 0.05) is 0 Å². The van der Waals surface area contributed by atoms with Crippen LogP contribution >= 0.6 is 0 Å². The molecule has 0 aromatic rings. The van der Waals surface area contributed by atoms with E-state index in [0.717, 1.165) is 12.8 Å². The van der Waals surface area contributed by atoms with Crippen molar-refractivity contribution in [3.8, 4) is 0 Å². The van der Waals surface area contributed by atoms with E-state index in [-0.39, 0.29) is 0 Å². The van der Waals surface area contributed by atoms with Crippen LogP contribution in [-0.2, 0) is 0 Å². The Hall–Kier alpha value is -0.240. The highest BCUT2D eigenvalue weighted by molar-refractivity contribution is 4.91. The minimum atomic E-state index is -1.72. The molecule has 0 aliphatic rings. The topological polar surface area (TPSA) is 121 Å². The minimum Gasteiger partial charge on any atom is -0.394 e. The summed E-state index contributed by atoms with van der Waals surface area (Å²) in [7, 11) is 0. The van der Waals surface area contributed by atoms with E-state index < -0.39 is 36.6 Å². The van der Waals surface area contributed by atoms with Gasteiger partial charge in [0.05, 0.1) is 12.2 Å². The molecule has 0 heterocycles. The van der Waals surface area contributed by atoms with Crippen molar-refractivity contribution in [3.63, 3.8) is 0 Å². The molecule has 0 saturated carbocycles. The lowest BCUT2D eigenvalue weighted by molar-refractivity contribution is -0.169. The molecular weight excluding hydrogens is 324 g/mol. The van der Waals surface area contributed by atoms with Crippen molar-refractivity contribution in [2.75, 3.05) is 6.61 Å². The van der Waals surface area contributed by atoms with E-state index in [1.54, 1.807) is 0 Å². The molecule has 6 nitrogen and oxygen atoms in total. The summed E-state index contributed by atoms with van der Waals surface area (Å²) in [4.78, 5) is 0. The first-order valence-electron chi connectivity index (χ1n) is 9.83. The standard InChI is InChI=1S/C19H40O6/c1-3-4-5-6-7-8-9-10-11-12-13-19(2,25)18(24)17(23)16(22)15(21)14-20/h15-18,20-25H,3-14H2,1-2H3/t15-,16-,17+,18-,19?/m1/s1. The third-order valence-electron chi connectivity index (χ3n) is 4.93. The van der Waals surface area contributed by atoms with E-state index in [4.69, 9.17) is 5.11 Å². The van der Waals surface area contributed by atoms with Crippen LogP contribution < -0.4 is 0 Å². The molecule has 0 aliphatic heterocycles. The number of unbranched alkanes of at least 4 members (excludes halogenated alkanes) is 9. The zero-order valence-electron chi connectivity index (χ0n) is 16.0. The Labute approximate surface area is 152 Å². The molecule has 152 valence electrons. The molecule has 0 bridgehead atoms. The fourth-order valence-electron chi connectivity index (χ4n) is 3.01.